The number of likely N-dealkylation sites (tertiary alicyclic amines) is 1. The normalized spacial score (nSPS) is 15.9. The number of amides is 3. The third-order valence-corrected chi connectivity index (χ3v) is 5.99. The fourth-order valence-electron chi connectivity index (χ4n) is 4.25. The highest BCUT2D eigenvalue weighted by atomic mass is 16.5. The Morgan fingerprint density at radius 2 is 1.81 bits per heavy atom. The topological polar surface area (TPSA) is 61.9 Å². The Balaban J connectivity index is 1.37. The summed E-state index contributed by atoms with van der Waals surface area (Å²) in [5.74, 6) is 0.729. The lowest BCUT2D eigenvalue weighted by molar-refractivity contribution is -0.136. The van der Waals surface area contributed by atoms with Gasteiger partial charge in [-0.15, -0.1) is 0 Å². The maximum absolute atomic E-state index is 13.1. The van der Waals surface area contributed by atoms with Gasteiger partial charge in [0.05, 0.1) is 13.0 Å². The molecule has 0 bridgehead atoms. The molecule has 1 heterocycles. The van der Waals surface area contributed by atoms with Crippen LogP contribution >= 0.6 is 0 Å². The molecule has 0 unspecified atom stereocenters. The largest absolute Gasteiger partial charge is 0.497 e. The number of nitrogens with one attached hydrogen (secondary N) is 1. The maximum atomic E-state index is 13.1. The third kappa shape index (κ3) is 5.02. The lowest BCUT2D eigenvalue weighted by atomic mass is 9.96. The summed E-state index contributed by atoms with van der Waals surface area (Å²) in [5, 5.41) is 5.14. The van der Waals surface area contributed by atoms with Crippen LogP contribution in [0.4, 0.5) is 10.5 Å². The van der Waals surface area contributed by atoms with Crippen molar-refractivity contribution in [2.75, 3.05) is 32.6 Å². The summed E-state index contributed by atoms with van der Waals surface area (Å²) in [6.07, 6.45) is 1.63. The van der Waals surface area contributed by atoms with Gasteiger partial charge in [0.2, 0.25) is 5.91 Å². The number of nitrogens with zero attached hydrogens (tertiary/aromatic N) is 2. The highest BCUT2D eigenvalue weighted by Crippen LogP contribution is 2.24. The van der Waals surface area contributed by atoms with E-state index in [1.807, 2.05) is 61.6 Å². The molecule has 4 rings (SSSR count). The van der Waals surface area contributed by atoms with Gasteiger partial charge < -0.3 is 19.9 Å². The van der Waals surface area contributed by atoms with Gasteiger partial charge in [-0.2, -0.15) is 0 Å². The molecule has 6 nitrogen and oxygen atoms in total. The number of methoxy groups -OCH3 is 1. The van der Waals surface area contributed by atoms with Gasteiger partial charge in [-0.25, -0.2) is 4.79 Å². The number of carbonyl (C=O) groups is 2. The van der Waals surface area contributed by atoms with E-state index in [0.29, 0.717) is 19.6 Å². The lowest BCUT2D eigenvalue weighted by Gasteiger charge is -2.34. The number of anilines is 1. The molecule has 0 aliphatic carbocycles. The van der Waals surface area contributed by atoms with Crippen molar-refractivity contribution in [2.45, 2.75) is 19.4 Å². The Morgan fingerprint density at radius 1 is 1.06 bits per heavy atom. The van der Waals surface area contributed by atoms with Gasteiger partial charge in [0.1, 0.15) is 5.75 Å². The van der Waals surface area contributed by atoms with Crippen molar-refractivity contribution in [3.63, 3.8) is 0 Å². The van der Waals surface area contributed by atoms with Crippen molar-refractivity contribution in [2.24, 2.45) is 5.92 Å². The Labute approximate surface area is 188 Å². The standard InChI is InChI=1S/C26H29N3O3/c1-28(17-19-10-11-21-16-24(32-2)13-12-20(21)15-19)25(30)22-7-6-14-29(18-22)26(31)27-23-8-4-3-5-9-23/h3-5,8-13,15-16,22H,6-7,14,17-18H2,1-2H3,(H,27,31)/t22-/m0/s1. The van der Waals surface area contributed by atoms with Crippen molar-refractivity contribution in [3.05, 3.63) is 72.3 Å². The first-order chi connectivity index (χ1) is 15.5. The highest BCUT2D eigenvalue weighted by molar-refractivity contribution is 5.90. The number of carbonyl (C=O) groups excluding carboxylic acids is 2. The quantitative estimate of drug-likeness (QED) is 0.634. The zero-order valence-corrected chi connectivity index (χ0v) is 18.6. The van der Waals surface area contributed by atoms with Crippen molar-refractivity contribution < 1.29 is 14.3 Å². The van der Waals surface area contributed by atoms with Crippen molar-refractivity contribution in [1.29, 1.82) is 0 Å². The van der Waals surface area contributed by atoms with Crippen LogP contribution in [-0.4, -0.2) is 49.0 Å². The number of benzene rings is 3. The lowest BCUT2D eigenvalue weighted by Crippen LogP contribution is -2.47. The zero-order chi connectivity index (χ0) is 22.5. The molecule has 3 aromatic carbocycles. The van der Waals surface area contributed by atoms with Crippen LogP contribution in [0.1, 0.15) is 18.4 Å². The minimum absolute atomic E-state index is 0.0806. The minimum atomic E-state index is -0.181. The molecule has 0 spiro atoms. The molecule has 32 heavy (non-hydrogen) atoms. The summed E-state index contributed by atoms with van der Waals surface area (Å²) >= 11 is 0. The van der Waals surface area contributed by atoms with Crippen LogP contribution in [0.3, 0.4) is 0 Å². The molecule has 1 N–H and O–H groups in total. The second-order valence-electron chi connectivity index (χ2n) is 8.32. The molecule has 0 radical (unpaired) electrons. The predicted octanol–water partition coefficient (Wildman–Crippen LogP) is 4.75. The molecule has 1 aliphatic heterocycles. The van der Waals surface area contributed by atoms with E-state index in [1.165, 1.54) is 0 Å². The van der Waals surface area contributed by atoms with E-state index in [9.17, 15) is 9.59 Å². The maximum Gasteiger partial charge on any atom is 0.321 e. The van der Waals surface area contributed by atoms with Crippen LogP contribution in [0.2, 0.25) is 0 Å². The average molecular weight is 432 g/mol. The summed E-state index contributed by atoms with van der Waals surface area (Å²) in [5.41, 5.74) is 1.84. The van der Waals surface area contributed by atoms with Gasteiger partial charge in [-0.05, 0) is 59.5 Å². The van der Waals surface area contributed by atoms with E-state index in [-0.39, 0.29) is 17.9 Å². The molecule has 1 fully saturated rings. The molecular formula is C26H29N3O3. The first-order valence-electron chi connectivity index (χ1n) is 11.0. The third-order valence-electron chi connectivity index (χ3n) is 5.99. The Hall–Kier alpha value is -3.54. The number of ether oxygens (including phenoxy) is 1. The van der Waals surface area contributed by atoms with Crippen LogP contribution in [-0.2, 0) is 11.3 Å². The number of urea groups is 1. The number of fused-ring (bicyclic) bond motifs is 1. The van der Waals surface area contributed by atoms with Crippen LogP contribution in [0.25, 0.3) is 10.8 Å². The van der Waals surface area contributed by atoms with Crippen LogP contribution in [0.15, 0.2) is 66.7 Å². The average Bonchev–Trinajstić information content (AvgIpc) is 2.83. The van der Waals surface area contributed by atoms with Gasteiger partial charge in [0.25, 0.3) is 0 Å². The van der Waals surface area contributed by atoms with Crippen molar-refractivity contribution in [3.8, 4) is 5.75 Å². The Bertz CT molecular complexity index is 1100. The van der Waals surface area contributed by atoms with E-state index in [2.05, 4.69) is 17.4 Å². The molecule has 0 saturated carbocycles. The molecule has 1 saturated heterocycles. The van der Waals surface area contributed by atoms with Crippen molar-refractivity contribution >= 4 is 28.4 Å². The molecule has 6 heteroatoms. The summed E-state index contributed by atoms with van der Waals surface area (Å²) in [7, 11) is 3.50. The van der Waals surface area contributed by atoms with Crippen molar-refractivity contribution in [1.82, 2.24) is 9.80 Å². The van der Waals surface area contributed by atoms with E-state index in [0.717, 1.165) is 40.6 Å². The first-order valence-corrected chi connectivity index (χ1v) is 11.0. The molecule has 3 aromatic rings. The molecule has 0 aromatic heterocycles. The molecular weight excluding hydrogens is 402 g/mol. The molecule has 1 aliphatic rings. The number of hydrogen-bond acceptors (Lipinski definition) is 3. The molecule has 166 valence electrons. The Morgan fingerprint density at radius 3 is 2.59 bits per heavy atom. The summed E-state index contributed by atoms with van der Waals surface area (Å²) < 4.78 is 5.29. The summed E-state index contributed by atoms with van der Waals surface area (Å²) in [6.45, 7) is 1.65. The van der Waals surface area contributed by atoms with Gasteiger partial charge >= 0.3 is 6.03 Å². The SMILES string of the molecule is COc1ccc2cc(CN(C)C(=O)[C@H]3CCCN(C(=O)Nc4ccccc4)C3)ccc2c1. The predicted molar refractivity (Wildman–Crippen MR) is 127 cm³/mol. The fourth-order valence-corrected chi connectivity index (χ4v) is 4.25. The fraction of sp³-hybridized carbons (Fsp3) is 0.308. The number of hydrogen-bond donors (Lipinski definition) is 1. The smallest absolute Gasteiger partial charge is 0.321 e. The van der Waals surface area contributed by atoms with Crippen LogP contribution in [0, 0.1) is 5.92 Å². The zero-order valence-electron chi connectivity index (χ0n) is 18.6. The van der Waals surface area contributed by atoms with E-state index in [4.69, 9.17) is 4.74 Å². The minimum Gasteiger partial charge on any atom is -0.497 e. The van der Waals surface area contributed by atoms with Crippen LogP contribution in [0.5, 0.6) is 5.75 Å². The molecule has 1 atom stereocenters. The second-order valence-corrected chi connectivity index (χ2v) is 8.32. The number of piperidine rings is 1. The van der Waals surface area contributed by atoms with E-state index in [1.54, 1.807) is 16.9 Å². The molecule has 3 amide bonds. The monoisotopic (exact) mass is 431 g/mol. The van der Waals surface area contributed by atoms with Gasteiger partial charge in [-0.3, -0.25) is 4.79 Å². The number of rotatable bonds is 5. The number of para-hydroxylation sites is 1. The van der Waals surface area contributed by atoms with Gasteiger partial charge in [0.15, 0.2) is 0 Å². The van der Waals surface area contributed by atoms with Gasteiger partial charge in [-0.1, -0.05) is 36.4 Å². The first kappa shape index (κ1) is 21.7. The van der Waals surface area contributed by atoms with Gasteiger partial charge in [0, 0.05) is 32.4 Å². The van der Waals surface area contributed by atoms with Crippen LogP contribution < -0.4 is 10.1 Å². The highest BCUT2D eigenvalue weighted by Gasteiger charge is 2.30. The summed E-state index contributed by atoms with van der Waals surface area (Å²) in [6, 6.07) is 21.4. The summed E-state index contributed by atoms with van der Waals surface area (Å²) in [4.78, 5) is 29.3. The Kier molecular flexibility index (Phi) is 6.59. The van der Waals surface area contributed by atoms with E-state index >= 15 is 0 Å². The van der Waals surface area contributed by atoms with E-state index < -0.39 is 0 Å². The second kappa shape index (κ2) is 9.73.